The van der Waals surface area contributed by atoms with E-state index in [0.717, 1.165) is 68.3 Å². The van der Waals surface area contributed by atoms with E-state index in [0.29, 0.717) is 39.5 Å². The summed E-state index contributed by atoms with van der Waals surface area (Å²) in [4.78, 5) is 17.2. The molecule has 2 amide bonds. The number of fused-ring (bicyclic) bond motifs is 1. The fraction of sp³-hybridized carbons (Fsp3) is 0.618. The number of carbonyl (C=O) groups is 1. The molecule has 0 radical (unpaired) electrons. The van der Waals surface area contributed by atoms with Crippen molar-refractivity contribution in [2.45, 2.75) is 63.3 Å². The molecule has 10 heteroatoms. The van der Waals surface area contributed by atoms with Gasteiger partial charge in [-0.05, 0) is 68.5 Å². The number of hydrogen-bond acceptors (Lipinski definition) is 8. The summed E-state index contributed by atoms with van der Waals surface area (Å²) < 4.78 is 28.7. The van der Waals surface area contributed by atoms with Crippen LogP contribution in [0, 0.1) is 0 Å². The van der Waals surface area contributed by atoms with E-state index in [9.17, 15) is 4.79 Å². The molecule has 5 rings (SSSR count). The van der Waals surface area contributed by atoms with E-state index in [1.807, 2.05) is 17.0 Å². The normalized spacial score (nSPS) is 22.2. The number of hydrogen-bond donors (Lipinski definition) is 2. The topological polar surface area (TPSA) is 93.8 Å². The summed E-state index contributed by atoms with van der Waals surface area (Å²) in [6, 6.07) is 15.0. The largest absolute Gasteiger partial charge is 0.497 e. The van der Waals surface area contributed by atoms with Crippen molar-refractivity contribution < 1.29 is 28.5 Å². The van der Waals surface area contributed by atoms with Gasteiger partial charge in [0.15, 0.2) is 0 Å². The number of anilines is 1. The van der Waals surface area contributed by atoms with Crippen LogP contribution in [0.15, 0.2) is 42.5 Å². The van der Waals surface area contributed by atoms with E-state index in [1.54, 1.807) is 14.2 Å². The van der Waals surface area contributed by atoms with Crippen LogP contribution in [-0.4, -0.2) is 102 Å². The molecule has 2 N–H and O–H groups in total. The minimum Gasteiger partial charge on any atom is -0.497 e. The molecule has 3 heterocycles. The van der Waals surface area contributed by atoms with E-state index >= 15 is 0 Å². The summed E-state index contributed by atoms with van der Waals surface area (Å²) in [5, 5.41) is 7.02. The van der Waals surface area contributed by atoms with Crippen molar-refractivity contribution in [3.8, 4) is 11.5 Å². The minimum atomic E-state index is -0.370. The van der Waals surface area contributed by atoms with E-state index in [2.05, 4.69) is 59.7 Å². The standard InChI is InChI=1S/C34H50N4O6/c1-34(2,36-33(39)38-13-17-42-18-14-38)22-27-21-29(26-7-9-28(41-4)10-8-26)32(23-35-27)44-24-25-6-11-31-30(20-25)37(15-19-43-31)12-5-16-40-3/h6-11,20,27,29,32,35H,5,12-19,21-24H2,1-4H3,(H,36,39)/t27-,29-,32-/m0/s1. The van der Waals surface area contributed by atoms with Crippen LogP contribution in [-0.2, 0) is 20.8 Å². The Bertz CT molecular complexity index is 1200. The van der Waals surface area contributed by atoms with Crippen molar-refractivity contribution in [1.82, 2.24) is 15.5 Å². The Balaban J connectivity index is 1.24. The molecular weight excluding hydrogens is 560 g/mol. The van der Waals surface area contributed by atoms with Gasteiger partial charge in [0.2, 0.25) is 0 Å². The lowest BCUT2D eigenvalue weighted by atomic mass is 9.80. The number of rotatable bonds is 12. The second kappa shape index (κ2) is 15.3. The molecule has 2 aromatic carbocycles. The lowest BCUT2D eigenvalue weighted by molar-refractivity contribution is 0.000411. The van der Waals surface area contributed by atoms with Crippen molar-refractivity contribution in [3.63, 3.8) is 0 Å². The van der Waals surface area contributed by atoms with Gasteiger partial charge in [0.25, 0.3) is 0 Å². The van der Waals surface area contributed by atoms with Crippen LogP contribution in [0.3, 0.4) is 0 Å². The molecule has 3 aliphatic heterocycles. The number of amides is 2. The van der Waals surface area contributed by atoms with E-state index < -0.39 is 0 Å². The molecule has 0 spiro atoms. The van der Waals surface area contributed by atoms with Crippen LogP contribution in [0.5, 0.6) is 11.5 Å². The molecule has 0 saturated carbocycles. The summed E-state index contributed by atoms with van der Waals surface area (Å²) in [6.07, 6.45) is 2.68. The van der Waals surface area contributed by atoms with Crippen LogP contribution in [0.4, 0.5) is 10.5 Å². The molecule has 44 heavy (non-hydrogen) atoms. The molecule has 0 unspecified atom stereocenters. The van der Waals surface area contributed by atoms with Crippen molar-refractivity contribution >= 4 is 11.7 Å². The molecule has 3 atom stereocenters. The van der Waals surface area contributed by atoms with Gasteiger partial charge in [-0.3, -0.25) is 0 Å². The molecule has 0 bridgehead atoms. The Morgan fingerprint density at radius 2 is 1.86 bits per heavy atom. The zero-order valence-corrected chi connectivity index (χ0v) is 26.8. The van der Waals surface area contributed by atoms with Crippen molar-refractivity contribution in [2.75, 3.05) is 78.3 Å². The monoisotopic (exact) mass is 610 g/mol. The Labute approximate surface area is 262 Å². The second-order valence-electron chi connectivity index (χ2n) is 12.7. The lowest BCUT2D eigenvalue weighted by Crippen LogP contribution is -2.56. The highest BCUT2D eigenvalue weighted by Crippen LogP contribution is 2.36. The number of urea groups is 1. The van der Waals surface area contributed by atoms with E-state index in [4.69, 9.17) is 23.7 Å². The fourth-order valence-electron chi connectivity index (χ4n) is 6.54. The Morgan fingerprint density at radius 3 is 2.61 bits per heavy atom. The second-order valence-corrected chi connectivity index (χ2v) is 12.7. The van der Waals surface area contributed by atoms with Gasteiger partial charge in [-0.15, -0.1) is 0 Å². The maximum Gasteiger partial charge on any atom is 0.317 e. The highest BCUT2D eigenvalue weighted by atomic mass is 16.5. The third-order valence-electron chi connectivity index (χ3n) is 8.86. The zero-order chi connectivity index (χ0) is 30.9. The summed E-state index contributed by atoms with van der Waals surface area (Å²) >= 11 is 0. The van der Waals surface area contributed by atoms with Gasteiger partial charge in [0, 0.05) is 57.4 Å². The maximum atomic E-state index is 12.9. The minimum absolute atomic E-state index is 0.00390. The van der Waals surface area contributed by atoms with Crippen LogP contribution in [0.1, 0.15) is 50.2 Å². The first kappa shape index (κ1) is 32.3. The first-order valence-electron chi connectivity index (χ1n) is 16.0. The summed E-state index contributed by atoms with van der Waals surface area (Å²) in [5.41, 5.74) is 3.13. The van der Waals surface area contributed by atoms with Gasteiger partial charge in [-0.2, -0.15) is 0 Å². The molecule has 2 saturated heterocycles. The predicted molar refractivity (Wildman–Crippen MR) is 171 cm³/mol. The highest BCUT2D eigenvalue weighted by Gasteiger charge is 2.36. The van der Waals surface area contributed by atoms with Gasteiger partial charge in [-0.1, -0.05) is 18.2 Å². The van der Waals surface area contributed by atoms with Crippen molar-refractivity contribution in [3.05, 3.63) is 53.6 Å². The van der Waals surface area contributed by atoms with Crippen LogP contribution >= 0.6 is 0 Å². The number of carbonyl (C=O) groups excluding carboxylic acids is 1. The van der Waals surface area contributed by atoms with Gasteiger partial charge in [0.05, 0.1) is 45.3 Å². The third kappa shape index (κ3) is 8.56. The molecule has 0 aliphatic carbocycles. The van der Waals surface area contributed by atoms with Crippen molar-refractivity contribution in [1.29, 1.82) is 0 Å². The fourth-order valence-corrected chi connectivity index (χ4v) is 6.54. The van der Waals surface area contributed by atoms with Gasteiger partial charge in [0.1, 0.15) is 18.1 Å². The lowest BCUT2D eigenvalue weighted by Gasteiger charge is -2.41. The predicted octanol–water partition coefficient (Wildman–Crippen LogP) is 4.17. The molecule has 242 valence electrons. The van der Waals surface area contributed by atoms with Crippen LogP contribution in [0.25, 0.3) is 0 Å². The zero-order valence-electron chi connectivity index (χ0n) is 26.8. The number of benzene rings is 2. The molecule has 2 aromatic rings. The van der Waals surface area contributed by atoms with E-state index in [-0.39, 0.29) is 29.6 Å². The van der Waals surface area contributed by atoms with Crippen LogP contribution in [0.2, 0.25) is 0 Å². The Kier molecular flexibility index (Phi) is 11.2. The average molecular weight is 611 g/mol. The molecule has 10 nitrogen and oxygen atoms in total. The van der Waals surface area contributed by atoms with Gasteiger partial charge < -0.3 is 44.1 Å². The highest BCUT2D eigenvalue weighted by molar-refractivity contribution is 5.75. The number of piperidine rings is 1. The molecule has 3 aliphatic rings. The Morgan fingerprint density at radius 1 is 1.07 bits per heavy atom. The number of nitrogens with zero attached hydrogens (tertiary/aromatic N) is 2. The maximum absolute atomic E-state index is 12.9. The molecule has 2 fully saturated rings. The smallest absolute Gasteiger partial charge is 0.317 e. The van der Waals surface area contributed by atoms with Gasteiger partial charge in [-0.25, -0.2) is 4.79 Å². The summed E-state index contributed by atoms with van der Waals surface area (Å²) in [7, 11) is 3.44. The third-order valence-corrected chi connectivity index (χ3v) is 8.86. The van der Waals surface area contributed by atoms with E-state index in [1.165, 1.54) is 5.56 Å². The van der Waals surface area contributed by atoms with Crippen molar-refractivity contribution in [2.24, 2.45) is 0 Å². The SMILES string of the molecule is COCCCN1CCOc2ccc(CO[C@H]3CN[C@H](CC(C)(C)NC(=O)N4CCOCC4)C[C@H]3c3ccc(OC)cc3)cc21. The quantitative estimate of drug-likeness (QED) is 0.346. The summed E-state index contributed by atoms with van der Waals surface area (Å²) in [5.74, 6) is 1.97. The van der Waals surface area contributed by atoms with Crippen LogP contribution < -0.4 is 25.0 Å². The number of morpholine rings is 1. The first-order chi connectivity index (χ1) is 21.3. The van der Waals surface area contributed by atoms with Gasteiger partial charge >= 0.3 is 6.03 Å². The summed E-state index contributed by atoms with van der Waals surface area (Å²) in [6.45, 7) is 11.2. The average Bonchev–Trinajstić information content (AvgIpc) is 3.04. The molecule has 0 aromatic heterocycles. The number of ether oxygens (including phenoxy) is 5. The number of methoxy groups -OCH3 is 2. The first-order valence-corrected chi connectivity index (χ1v) is 16.0. The molecular formula is C34H50N4O6. The Hall–Kier alpha value is -3.05. The number of nitrogens with one attached hydrogen (secondary N) is 2.